The number of primary amides is 1. The SMILES string of the molecule is NC(=O)C1C(F)(F)C=CC(OCc2cccc(Oc3ccccc3)c2)(OCc2cccc(-n3cccc3)c2)C1(F)F. The summed E-state index contributed by atoms with van der Waals surface area (Å²) in [6.45, 7) is -0.921. The maximum Gasteiger partial charge on any atom is 0.322 e. The molecule has 1 amide bonds. The summed E-state index contributed by atoms with van der Waals surface area (Å²) >= 11 is 0. The Morgan fingerprint density at radius 3 is 2.02 bits per heavy atom. The van der Waals surface area contributed by atoms with Gasteiger partial charge in [0.2, 0.25) is 5.91 Å². The van der Waals surface area contributed by atoms with Crippen molar-refractivity contribution in [3.8, 4) is 17.2 Å². The molecule has 0 fully saturated rings. The topological polar surface area (TPSA) is 75.7 Å². The zero-order valence-corrected chi connectivity index (χ0v) is 21.6. The molecular formula is C31H26F4N2O4. The molecule has 10 heteroatoms. The Balaban J connectivity index is 1.43. The molecule has 3 aromatic carbocycles. The highest BCUT2D eigenvalue weighted by atomic mass is 19.3. The molecule has 2 N–H and O–H groups in total. The smallest absolute Gasteiger partial charge is 0.322 e. The second-order valence-electron chi connectivity index (χ2n) is 9.53. The molecule has 1 aliphatic carbocycles. The van der Waals surface area contributed by atoms with Crippen LogP contribution in [0.25, 0.3) is 5.69 Å². The number of hydrogen-bond acceptors (Lipinski definition) is 4. The number of alkyl halides is 4. The predicted molar refractivity (Wildman–Crippen MR) is 143 cm³/mol. The molecule has 2 unspecified atom stereocenters. The van der Waals surface area contributed by atoms with Gasteiger partial charge in [-0.2, -0.15) is 8.78 Å². The largest absolute Gasteiger partial charge is 0.457 e. The van der Waals surface area contributed by atoms with E-state index in [0.717, 1.165) is 5.69 Å². The lowest BCUT2D eigenvalue weighted by atomic mass is 9.82. The third-order valence-corrected chi connectivity index (χ3v) is 6.62. The first-order chi connectivity index (χ1) is 19.6. The fourth-order valence-electron chi connectivity index (χ4n) is 4.59. The lowest BCUT2D eigenvalue weighted by molar-refractivity contribution is -0.350. The quantitative estimate of drug-likeness (QED) is 0.133. The van der Waals surface area contributed by atoms with Gasteiger partial charge in [0, 0.05) is 18.1 Å². The first-order valence-corrected chi connectivity index (χ1v) is 12.7. The minimum Gasteiger partial charge on any atom is -0.457 e. The number of aromatic nitrogens is 1. The molecule has 0 saturated heterocycles. The van der Waals surface area contributed by atoms with Crippen LogP contribution in [0.2, 0.25) is 0 Å². The highest BCUT2D eigenvalue weighted by Gasteiger charge is 2.71. The van der Waals surface area contributed by atoms with Crippen molar-refractivity contribution in [3.05, 3.63) is 127 Å². The summed E-state index contributed by atoms with van der Waals surface area (Å²) in [7, 11) is 0. The molecular weight excluding hydrogens is 540 g/mol. The predicted octanol–water partition coefficient (Wildman–Crippen LogP) is 6.64. The Morgan fingerprint density at radius 2 is 1.37 bits per heavy atom. The Kier molecular flexibility index (Phi) is 7.70. The maximum atomic E-state index is 15.9. The third kappa shape index (κ3) is 5.89. The Labute approximate surface area is 233 Å². The summed E-state index contributed by atoms with van der Waals surface area (Å²) < 4.78 is 79.7. The molecule has 6 nitrogen and oxygen atoms in total. The van der Waals surface area contributed by atoms with Crippen molar-refractivity contribution >= 4 is 5.91 Å². The minimum absolute atomic E-state index is 0.186. The van der Waals surface area contributed by atoms with E-state index in [2.05, 4.69) is 0 Å². The first kappa shape index (κ1) is 28.1. The molecule has 41 heavy (non-hydrogen) atoms. The van der Waals surface area contributed by atoms with Crippen LogP contribution in [0.4, 0.5) is 17.6 Å². The zero-order chi connectivity index (χ0) is 29.1. The van der Waals surface area contributed by atoms with Gasteiger partial charge >= 0.3 is 5.92 Å². The molecule has 5 rings (SSSR count). The van der Waals surface area contributed by atoms with Gasteiger partial charge in [-0.05, 0) is 71.8 Å². The van der Waals surface area contributed by atoms with Crippen LogP contribution >= 0.6 is 0 Å². The van der Waals surface area contributed by atoms with Gasteiger partial charge in [0.05, 0.1) is 13.2 Å². The number of nitrogens with two attached hydrogens (primary N) is 1. The average Bonchev–Trinajstić information content (AvgIpc) is 3.48. The van der Waals surface area contributed by atoms with E-state index in [4.69, 9.17) is 19.9 Å². The Hall–Kier alpha value is -4.41. The zero-order valence-electron chi connectivity index (χ0n) is 21.6. The van der Waals surface area contributed by atoms with Crippen molar-refractivity contribution in [3.63, 3.8) is 0 Å². The van der Waals surface area contributed by atoms with Crippen LogP contribution < -0.4 is 10.5 Å². The highest BCUT2D eigenvalue weighted by molar-refractivity contribution is 5.80. The van der Waals surface area contributed by atoms with Crippen LogP contribution in [0.15, 0.2) is 116 Å². The number of allylic oxidation sites excluding steroid dienone is 1. The number of ether oxygens (including phenoxy) is 3. The molecule has 212 valence electrons. The van der Waals surface area contributed by atoms with E-state index < -0.39 is 42.7 Å². The van der Waals surface area contributed by atoms with Crippen LogP contribution in [-0.4, -0.2) is 28.1 Å². The third-order valence-electron chi connectivity index (χ3n) is 6.62. The fourth-order valence-corrected chi connectivity index (χ4v) is 4.59. The number of benzene rings is 3. The van der Waals surface area contributed by atoms with Crippen molar-refractivity contribution in [1.82, 2.24) is 4.57 Å². The molecule has 1 aromatic heterocycles. The van der Waals surface area contributed by atoms with E-state index in [9.17, 15) is 13.6 Å². The van der Waals surface area contributed by atoms with Crippen LogP contribution in [0, 0.1) is 5.92 Å². The lowest BCUT2D eigenvalue weighted by Crippen LogP contribution is -2.64. The van der Waals surface area contributed by atoms with Crippen LogP contribution in [0.3, 0.4) is 0 Å². The van der Waals surface area contributed by atoms with E-state index in [0.29, 0.717) is 28.7 Å². The van der Waals surface area contributed by atoms with E-state index in [-0.39, 0.29) is 6.08 Å². The number of para-hydroxylation sites is 1. The van der Waals surface area contributed by atoms with E-state index in [1.165, 1.54) is 0 Å². The highest BCUT2D eigenvalue weighted by Crippen LogP contribution is 2.51. The molecule has 0 spiro atoms. The second kappa shape index (κ2) is 11.2. The summed E-state index contributed by atoms with van der Waals surface area (Å²) in [5, 5.41) is 0. The fraction of sp³-hybridized carbons (Fsp3) is 0.194. The number of amides is 1. The molecule has 0 aliphatic heterocycles. The first-order valence-electron chi connectivity index (χ1n) is 12.7. The Bertz CT molecular complexity index is 1530. The van der Waals surface area contributed by atoms with E-state index in [1.807, 2.05) is 18.2 Å². The number of carbonyl (C=O) groups excluding carboxylic acids is 1. The van der Waals surface area contributed by atoms with Gasteiger partial charge in [0.25, 0.3) is 11.7 Å². The van der Waals surface area contributed by atoms with Gasteiger partial charge in [-0.25, -0.2) is 8.78 Å². The van der Waals surface area contributed by atoms with Crippen LogP contribution in [0.1, 0.15) is 11.1 Å². The second-order valence-corrected chi connectivity index (χ2v) is 9.53. The van der Waals surface area contributed by atoms with Gasteiger partial charge in [-0.3, -0.25) is 4.79 Å². The van der Waals surface area contributed by atoms with E-state index in [1.54, 1.807) is 89.8 Å². The number of nitrogens with zero attached hydrogens (tertiary/aromatic N) is 1. The molecule has 2 atom stereocenters. The lowest BCUT2D eigenvalue weighted by Gasteiger charge is -2.44. The minimum atomic E-state index is -4.53. The van der Waals surface area contributed by atoms with E-state index >= 15 is 8.78 Å². The Morgan fingerprint density at radius 1 is 0.756 bits per heavy atom. The number of rotatable bonds is 10. The van der Waals surface area contributed by atoms with Gasteiger partial charge in [-0.15, -0.1) is 0 Å². The molecule has 1 heterocycles. The standard InChI is InChI=1S/C31H26F4N2O4/c32-29(33)14-15-30(31(34,35)27(29)28(36)38,39-20-22-8-6-10-24(18-22)37-16-4-5-17-37)40-21-23-9-7-13-26(19-23)41-25-11-2-1-3-12-25/h1-19,27H,20-21H2,(H2,36,38). The molecule has 0 bridgehead atoms. The summed E-state index contributed by atoms with van der Waals surface area (Å²) in [5.41, 5.74) is 6.65. The van der Waals surface area contributed by atoms with Crippen molar-refractivity contribution in [2.45, 2.75) is 30.8 Å². The van der Waals surface area contributed by atoms with Crippen molar-refractivity contribution in [1.29, 1.82) is 0 Å². The molecule has 0 saturated carbocycles. The summed E-state index contributed by atoms with van der Waals surface area (Å²) in [4.78, 5) is 11.9. The van der Waals surface area contributed by atoms with Crippen LogP contribution in [-0.2, 0) is 27.5 Å². The van der Waals surface area contributed by atoms with Gasteiger partial charge in [0.15, 0.2) is 5.92 Å². The number of halogens is 4. The van der Waals surface area contributed by atoms with Crippen molar-refractivity contribution in [2.24, 2.45) is 11.7 Å². The monoisotopic (exact) mass is 566 g/mol. The average molecular weight is 567 g/mol. The van der Waals surface area contributed by atoms with Gasteiger partial charge in [-0.1, -0.05) is 42.5 Å². The molecule has 1 aliphatic rings. The van der Waals surface area contributed by atoms with Crippen molar-refractivity contribution in [2.75, 3.05) is 0 Å². The van der Waals surface area contributed by atoms with Crippen molar-refractivity contribution < 1.29 is 36.6 Å². The number of carbonyl (C=O) groups is 1. The van der Waals surface area contributed by atoms with Gasteiger partial charge in [0.1, 0.15) is 11.5 Å². The summed E-state index contributed by atoms with van der Waals surface area (Å²) in [6.07, 6.45) is 4.26. The molecule has 4 aromatic rings. The maximum absolute atomic E-state index is 15.9. The van der Waals surface area contributed by atoms with Crippen LogP contribution in [0.5, 0.6) is 11.5 Å². The summed E-state index contributed by atoms with van der Waals surface area (Å²) in [5.74, 6) is -15.9. The molecule has 0 radical (unpaired) electrons. The summed E-state index contributed by atoms with van der Waals surface area (Å²) in [6, 6.07) is 25.8. The normalized spacial score (nSPS) is 20.9. The van der Waals surface area contributed by atoms with Gasteiger partial charge < -0.3 is 24.5 Å². The number of hydrogen-bond donors (Lipinski definition) is 1.